The van der Waals surface area contributed by atoms with Gasteiger partial charge < -0.3 is 15.5 Å². The van der Waals surface area contributed by atoms with Crippen LogP contribution in [0.3, 0.4) is 0 Å². The zero-order valence-electron chi connectivity index (χ0n) is 12.4. The number of likely N-dealkylation sites (N-methyl/N-ethyl adjacent to an activating group) is 1. The van der Waals surface area contributed by atoms with E-state index < -0.39 is 0 Å². The standard InChI is InChI=1S/C14H21BrN4O2/c1-10-3-4-12(18-7-5-17(2)6-8-18)14(19(20)21)13(16)11(15)9-10/h4,9-10H,3,5-8,16H2,1-2H3/b11-9+,12-4-,14-13-. The molecule has 7 heteroatoms. The SMILES string of the molecule is CC1\C=C(Br)/C(N)=C([N+](=O)[O-])\C(N2CCN(C)CC2)=C\C1. The monoisotopic (exact) mass is 356 g/mol. The summed E-state index contributed by atoms with van der Waals surface area (Å²) in [5.74, 6) is 0.286. The lowest BCUT2D eigenvalue weighted by molar-refractivity contribution is -0.423. The fraction of sp³-hybridized carbons (Fsp3) is 0.571. The van der Waals surface area contributed by atoms with Gasteiger partial charge in [-0.05, 0) is 35.3 Å². The van der Waals surface area contributed by atoms with Crippen LogP contribution in [0.5, 0.6) is 0 Å². The molecular formula is C14H21BrN4O2. The molecule has 0 aromatic rings. The van der Waals surface area contributed by atoms with Crippen LogP contribution in [0.1, 0.15) is 13.3 Å². The van der Waals surface area contributed by atoms with Crippen molar-refractivity contribution >= 4 is 15.9 Å². The summed E-state index contributed by atoms with van der Waals surface area (Å²) in [5.41, 5.74) is 6.89. The zero-order chi connectivity index (χ0) is 15.6. The van der Waals surface area contributed by atoms with Gasteiger partial charge in [0.2, 0.25) is 0 Å². The van der Waals surface area contributed by atoms with E-state index in [9.17, 15) is 10.1 Å². The summed E-state index contributed by atoms with van der Waals surface area (Å²) >= 11 is 3.37. The van der Waals surface area contributed by atoms with E-state index in [4.69, 9.17) is 5.73 Å². The third kappa shape index (κ3) is 3.65. The van der Waals surface area contributed by atoms with Gasteiger partial charge in [-0.3, -0.25) is 10.1 Å². The Morgan fingerprint density at radius 3 is 2.57 bits per heavy atom. The molecule has 6 nitrogen and oxygen atoms in total. The molecule has 1 saturated heterocycles. The van der Waals surface area contributed by atoms with E-state index in [0.29, 0.717) is 10.2 Å². The average molecular weight is 357 g/mol. The molecule has 0 aromatic carbocycles. The Hall–Kier alpha value is -1.34. The van der Waals surface area contributed by atoms with Crippen molar-refractivity contribution in [2.75, 3.05) is 33.2 Å². The molecule has 116 valence electrons. The normalized spacial score (nSPS) is 33.5. The summed E-state index contributed by atoms with van der Waals surface area (Å²) in [5, 5.41) is 11.5. The topological polar surface area (TPSA) is 75.6 Å². The maximum absolute atomic E-state index is 11.5. The van der Waals surface area contributed by atoms with Crippen molar-refractivity contribution in [3.8, 4) is 0 Å². The molecule has 1 atom stereocenters. The molecule has 0 saturated carbocycles. The summed E-state index contributed by atoms with van der Waals surface area (Å²) in [6.45, 7) is 5.43. The maximum atomic E-state index is 11.5. The second kappa shape index (κ2) is 6.62. The first-order valence-electron chi connectivity index (χ1n) is 7.06. The van der Waals surface area contributed by atoms with Gasteiger partial charge in [0.15, 0.2) is 0 Å². The highest BCUT2D eigenvalue weighted by atomic mass is 79.9. The molecule has 2 aliphatic rings. The van der Waals surface area contributed by atoms with E-state index >= 15 is 0 Å². The van der Waals surface area contributed by atoms with Crippen LogP contribution in [0.4, 0.5) is 0 Å². The summed E-state index contributed by atoms with van der Waals surface area (Å²) < 4.78 is 0.612. The van der Waals surface area contributed by atoms with Gasteiger partial charge >= 0.3 is 5.70 Å². The van der Waals surface area contributed by atoms with Crippen molar-refractivity contribution in [1.82, 2.24) is 9.80 Å². The molecule has 1 aliphatic heterocycles. The van der Waals surface area contributed by atoms with Crippen LogP contribution in [-0.4, -0.2) is 47.9 Å². The highest BCUT2D eigenvalue weighted by Crippen LogP contribution is 2.29. The number of rotatable bonds is 2. The molecule has 0 aromatic heterocycles. The predicted molar refractivity (Wildman–Crippen MR) is 86.2 cm³/mol. The first-order chi connectivity index (χ1) is 9.90. The van der Waals surface area contributed by atoms with Crippen LogP contribution in [0.25, 0.3) is 0 Å². The summed E-state index contributed by atoms with van der Waals surface area (Å²) in [4.78, 5) is 15.4. The fourth-order valence-corrected chi connectivity index (χ4v) is 3.21. The van der Waals surface area contributed by atoms with Gasteiger partial charge in [0.25, 0.3) is 0 Å². The van der Waals surface area contributed by atoms with E-state index in [0.717, 1.165) is 32.6 Å². The molecule has 0 bridgehead atoms. The number of hydrogen-bond donors (Lipinski definition) is 1. The number of piperazine rings is 1. The highest BCUT2D eigenvalue weighted by molar-refractivity contribution is 9.12. The molecule has 21 heavy (non-hydrogen) atoms. The van der Waals surface area contributed by atoms with Gasteiger partial charge in [-0.15, -0.1) is 0 Å². The van der Waals surface area contributed by atoms with E-state index in [2.05, 4.69) is 39.7 Å². The lowest BCUT2D eigenvalue weighted by Gasteiger charge is -2.35. The number of halogens is 1. The largest absolute Gasteiger partial charge is 0.392 e. The van der Waals surface area contributed by atoms with Crippen molar-refractivity contribution in [2.45, 2.75) is 13.3 Å². The minimum Gasteiger partial charge on any atom is -0.392 e. The van der Waals surface area contributed by atoms with Crippen LogP contribution in [0.15, 0.2) is 33.7 Å². The molecular weight excluding hydrogens is 336 g/mol. The van der Waals surface area contributed by atoms with Crippen molar-refractivity contribution in [3.63, 3.8) is 0 Å². The number of nitro groups is 1. The predicted octanol–water partition coefficient (Wildman–Crippen LogP) is 1.88. The van der Waals surface area contributed by atoms with Gasteiger partial charge in [-0.1, -0.05) is 19.1 Å². The van der Waals surface area contributed by atoms with Crippen molar-refractivity contribution in [2.24, 2.45) is 11.7 Å². The van der Waals surface area contributed by atoms with Gasteiger partial charge in [0.1, 0.15) is 11.4 Å². The average Bonchev–Trinajstić information content (AvgIpc) is 2.42. The van der Waals surface area contributed by atoms with Gasteiger partial charge in [-0.2, -0.15) is 0 Å². The second-order valence-electron chi connectivity index (χ2n) is 5.63. The number of allylic oxidation sites excluding steroid dienone is 3. The summed E-state index contributed by atoms with van der Waals surface area (Å²) in [6.07, 6.45) is 4.65. The van der Waals surface area contributed by atoms with Gasteiger partial charge in [0.05, 0.1) is 4.92 Å². The molecule has 0 radical (unpaired) electrons. The van der Waals surface area contributed by atoms with Crippen molar-refractivity contribution in [3.05, 3.63) is 43.8 Å². The van der Waals surface area contributed by atoms with Crippen LogP contribution in [-0.2, 0) is 0 Å². The second-order valence-corrected chi connectivity index (χ2v) is 6.48. The number of nitrogens with zero attached hydrogens (tertiary/aromatic N) is 3. The highest BCUT2D eigenvalue weighted by Gasteiger charge is 2.30. The Kier molecular flexibility index (Phi) is 5.05. The van der Waals surface area contributed by atoms with Crippen LogP contribution < -0.4 is 5.73 Å². The van der Waals surface area contributed by atoms with Gasteiger partial charge in [-0.25, -0.2) is 0 Å². The molecule has 0 spiro atoms. The Morgan fingerprint density at radius 1 is 1.38 bits per heavy atom. The minimum absolute atomic E-state index is 0.00887. The molecule has 0 amide bonds. The zero-order valence-corrected chi connectivity index (χ0v) is 14.0. The fourth-order valence-electron chi connectivity index (χ4n) is 2.57. The van der Waals surface area contributed by atoms with Crippen molar-refractivity contribution < 1.29 is 4.92 Å². The van der Waals surface area contributed by atoms with E-state index in [-0.39, 0.29) is 22.2 Å². The summed E-state index contributed by atoms with van der Waals surface area (Å²) in [7, 11) is 2.06. The lowest BCUT2D eigenvalue weighted by atomic mass is 10.0. The molecule has 1 heterocycles. The van der Waals surface area contributed by atoms with Crippen molar-refractivity contribution in [1.29, 1.82) is 0 Å². The van der Waals surface area contributed by atoms with E-state index in [1.165, 1.54) is 0 Å². The Morgan fingerprint density at radius 2 is 2.00 bits per heavy atom. The van der Waals surface area contributed by atoms with Crippen LogP contribution in [0.2, 0.25) is 0 Å². The van der Waals surface area contributed by atoms with E-state index in [1.807, 2.05) is 12.2 Å². The Balaban J connectivity index is 2.42. The van der Waals surface area contributed by atoms with Gasteiger partial charge in [0, 0.05) is 30.7 Å². The lowest BCUT2D eigenvalue weighted by Crippen LogP contribution is -2.44. The summed E-state index contributed by atoms with van der Waals surface area (Å²) in [6, 6.07) is 0. The number of nitrogens with two attached hydrogens (primary N) is 1. The van der Waals surface area contributed by atoms with Crippen LogP contribution in [0, 0.1) is 16.0 Å². The smallest absolute Gasteiger partial charge is 0.315 e. The Bertz CT molecular complexity index is 519. The first kappa shape index (κ1) is 16.0. The molecule has 1 aliphatic carbocycles. The molecule has 2 rings (SSSR count). The van der Waals surface area contributed by atoms with Crippen LogP contribution >= 0.6 is 15.9 Å². The molecule has 2 N–H and O–H groups in total. The first-order valence-corrected chi connectivity index (χ1v) is 7.85. The maximum Gasteiger partial charge on any atom is 0.315 e. The molecule has 1 fully saturated rings. The van der Waals surface area contributed by atoms with E-state index in [1.54, 1.807) is 0 Å². The minimum atomic E-state index is -0.370. The quantitative estimate of drug-likeness (QED) is 0.603. The third-order valence-electron chi connectivity index (χ3n) is 3.90. The molecule has 1 unspecified atom stereocenters. The third-order valence-corrected chi connectivity index (χ3v) is 4.59. The Labute approximate surface area is 133 Å². The number of hydrogen-bond acceptors (Lipinski definition) is 5.